The highest BCUT2D eigenvalue weighted by atomic mass is 15.1. The predicted molar refractivity (Wildman–Crippen MR) is 241 cm³/mol. The average molecular weight is 758 g/mol. The van der Waals surface area contributed by atoms with Gasteiger partial charge in [-0.25, -0.2) is 19.9 Å². The van der Waals surface area contributed by atoms with Crippen LogP contribution in [-0.2, 0) is 5.41 Å². The molecule has 5 heteroatoms. The molecule has 280 valence electrons. The molecule has 2 aromatic heterocycles. The summed E-state index contributed by atoms with van der Waals surface area (Å²) in [4.78, 5) is 20.3. The quantitative estimate of drug-likeness (QED) is 0.138. The van der Waals surface area contributed by atoms with Gasteiger partial charge in [0, 0.05) is 16.7 Å². The molecular formula is C54H39N5. The van der Waals surface area contributed by atoms with Gasteiger partial charge in [-0.3, -0.25) is 4.57 Å². The van der Waals surface area contributed by atoms with Gasteiger partial charge < -0.3 is 0 Å². The molecule has 0 N–H and O–H groups in total. The van der Waals surface area contributed by atoms with Crippen LogP contribution in [0, 0.1) is 0 Å². The summed E-state index contributed by atoms with van der Waals surface area (Å²) in [5.74, 6) is 2.88. The lowest BCUT2D eigenvalue weighted by atomic mass is 9.68. The zero-order valence-electron chi connectivity index (χ0n) is 32.6. The van der Waals surface area contributed by atoms with Gasteiger partial charge in [-0.2, -0.15) is 0 Å². The Morgan fingerprint density at radius 1 is 0.508 bits per heavy atom. The first-order valence-corrected chi connectivity index (χ1v) is 19.9. The third kappa shape index (κ3) is 6.12. The normalized spacial score (nSPS) is 14.7. The van der Waals surface area contributed by atoms with Gasteiger partial charge in [0.25, 0.3) is 0 Å². The summed E-state index contributed by atoms with van der Waals surface area (Å²) in [5.41, 5.74) is 13.1. The molecule has 0 aliphatic carbocycles. The molecule has 1 aliphatic heterocycles. The van der Waals surface area contributed by atoms with Crippen molar-refractivity contribution in [2.45, 2.75) is 12.3 Å². The minimum Gasteiger partial charge on any atom is -0.295 e. The van der Waals surface area contributed by atoms with Gasteiger partial charge in [-0.15, -0.1) is 0 Å². The summed E-state index contributed by atoms with van der Waals surface area (Å²) in [6.07, 6.45) is 8.32. The van der Waals surface area contributed by atoms with E-state index in [-0.39, 0.29) is 0 Å². The fourth-order valence-electron chi connectivity index (χ4n) is 8.54. The maximum Gasteiger partial charge on any atom is 0.164 e. The number of fused-ring (bicyclic) bond motifs is 5. The first-order chi connectivity index (χ1) is 29.1. The number of para-hydroxylation sites is 2. The molecule has 0 fully saturated rings. The Morgan fingerprint density at radius 3 is 1.63 bits per heavy atom. The van der Waals surface area contributed by atoms with E-state index < -0.39 is 5.41 Å². The van der Waals surface area contributed by atoms with Crippen LogP contribution < -0.4 is 0 Å². The molecule has 1 aliphatic rings. The SMILES string of the molecule is C=C/C=C(\C=C/C)C1(c2ccccc2)c2cc(-c3cccc(-c4cccc(-c5nc(-c6ccccc6)nc(-c6ccccc6)n5)c4)c3)ccc2-n2c1nc1ccccc12. The zero-order chi connectivity index (χ0) is 39.8. The van der Waals surface area contributed by atoms with Crippen molar-refractivity contribution in [1.29, 1.82) is 0 Å². The van der Waals surface area contributed by atoms with Crippen LogP contribution in [-0.4, -0.2) is 24.5 Å². The van der Waals surface area contributed by atoms with E-state index in [4.69, 9.17) is 19.9 Å². The van der Waals surface area contributed by atoms with Crippen LogP contribution in [0.4, 0.5) is 0 Å². The largest absolute Gasteiger partial charge is 0.295 e. The van der Waals surface area contributed by atoms with E-state index in [1.165, 1.54) is 5.56 Å². The van der Waals surface area contributed by atoms with E-state index >= 15 is 0 Å². The Morgan fingerprint density at radius 2 is 1.02 bits per heavy atom. The standard InChI is InChI=1S/C54H39N5/c1-3-18-44(19-4-2)54(45-28-12-7-13-29-45)46-36-42(32-33-48(46)59-49-31-15-14-30-47(49)55-53(54)59)40-25-16-24-39(34-40)41-26-17-27-43(35-41)52-57-50(37-20-8-5-9-21-37)56-51(58-52)38-22-10-6-11-23-38/h3-36H,1H2,2H3/b19-4-,44-18+. The van der Waals surface area contributed by atoms with Gasteiger partial charge in [0.05, 0.1) is 16.7 Å². The number of allylic oxidation sites excluding steroid dienone is 5. The Balaban J connectivity index is 1.11. The molecule has 0 saturated heterocycles. The summed E-state index contributed by atoms with van der Waals surface area (Å²) in [5, 5.41) is 0. The van der Waals surface area contributed by atoms with Crippen LogP contribution in [0.15, 0.2) is 218 Å². The molecule has 10 rings (SSSR count). The molecule has 1 unspecified atom stereocenters. The Kier molecular flexibility index (Phi) is 9.04. The number of rotatable bonds is 9. The fraction of sp³-hybridized carbons (Fsp3) is 0.0370. The molecule has 59 heavy (non-hydrogen) atoms. The minimum atomic E-state index is -0.694. The Hall–Kier alpha value is -7.76. The summed E-state index contributed by atoms with van der Waals surface area (Å²) < 4.78 is 2.34. The topological polar surface area (TPSA) is 56.5 Å². The van der Waals surface area contributed by atoms with Crippen molar-refractivity contribution in [2.75, 3.05) is 0 Å². The van der Waals surface area contributed by atoms with Crippen LogP contribution >= 0.6 is 0 Å². The van der Waals surface area contributed by atoms with Gasteiger partial charge >= 0.3 is 0 Å². The van der Waals surface area contributed by atoms with Crippen LogP contribution in [0.2, 0.25) is 0 Å². The molecule has 7 aromatic carbocycles. The predicted octanol–water partition coefficient (Wildman–Crippen LogP) is 12.9. The van der Waals surface area contributed by atoms with Gasteiger partial charge in [0.1, 0.15) is 11.2 Å². The van der Waals surface area contributed by atoms with E-state index in [0.717, 1.165) is 72.6 Å². The van der Waals surface area contributed by atoms with Gasteiger partial charge in [-0.1, -0.05) is 176 Å². The Labute approximate surface area is 344 Å². The molecule has 0 saturated carbocycles. The smallest absolute Gasteiger partial charge is 0.164 e. The highest BCUT2D eigenvalue weighted by Crippen LogP contribution is 2.54. The lowest BCUT2D eigenvalue weighted by molar-refractivity contribution is 0.716. The van der Waals surface area contributed by atoms with Gasteiger partial charge in [-0.05, 0) is 82.3 Å². The van der Waals surface area contributed by atoms with Crippen molar-refractivity contribution in [1.82, 2.24) is 24.5 Å². The number of hydrogen-bond acceptors (Lipinski definition) is 4. The maximum absolute atomic E-state index is 5.40. The molecule has 1 atom stereocenters. The molecule has 0 spiro atoms. The van der Waals surface area contributed by atoms with Crippen LogP contribution in [0.25, 0.3) is 73.1 Å². The van der Waals surface area contributed by atoms with Crippen molar-refractivity contribution in [3.63, 3.8) is 0 Å². The first kappa shape index (κ1) is 35.6. The van der Waals surface area contributed by atoms with Crippen LogP contribution in [0.1, 0.15) is 23.9 Å². The Bertz CT molecular complexity index is 3010. The summed E-state index contributed by atoms with van der Waals surface area (Å²) in [6, 6.07) is 63.4. The molecule has 0 radical (unpaired) electrons. The van der Waals surface area contributed by atoms with Gasteiger partial charge in [0.15, 0.2) is 17.5 Å². The van der Waals surface area contributed by atoms with Crippen molar-refractivity contribution in [3.05, 3.63) is 235 Å². The summed E-state index contributed by atoms with van der Waals surface area (Å²) in [7, 11) is 0. The number of imidazole rings is 1. The second kappa shape index (κ2) is 15.0. The highest BCUT2D eigenvalue weighted by Gasteiger charge is 2.49. The fourth-order valence-corrected chi connectivity index (χ4v) is 8.54. The van der Waals surface area contributed by atoms with Crippen molar-refractivity contribution >= 4 is 11.0 Å². The highest BCUT2D eigenvalue weighted by molar-refractivity contribution is 5.86. The lowest BCUT2D eigenvalue weighted by Gasteiger charge is -2.32. The molecule has 3 heterocycles. The molecular weight excluding hydrogens is 719 g/mol. The van der Waals surface area contributed by atoms with Crippen molar-refractivity contribution < 1.29 is 0 Å². The second-order valence-electron chi connectivity index (χ2n) is 14.7. The van der Waals surface area contributed by atoms with Gasteiger partial charge in [0.2, 0.25) is 0 Å². The number of aromatic nitrogens is 5. The molecule has 5 nitrogen and oxygen atoms in total. The van der Waals surface area contributed by atoms with E-state index in [0.29, 0.717) is 17.5 Å². The zero-order valence-corrected chi connectivity index (χ0v) is 32.6. The molecule has 0 amide bonds. The van der Waals surface area contributed by atoms with Crippen LogP contribution in [0.5, 0.6) is 0 Å². The molecule has 9 aromatic rings. The second-order valence-corrected chi connectivity index (χ2v) is 14.7. The summed E-state index contributed by atoms with van der Waals surface area (Å²) >= 11 is 0. The lowest BCUT2D eigenvalue weighted by Crippen LogP contribution is -2.30. The summed E-state index contributed by atoms with van der Waals surface area (Å²) in [6.45, 7) is 6.22. The van der Waals surface area contributed by atoms with Crippen molar-refractivity contribution in [3.8, 4) is 62.1 Å². The number of hydrogen-bond donors (Lipinski definition) is 0. The average Bonchev–Trinajstić information content (AvgIpc) is 3.83. The first-order valence-electron chi connectivity index (χ1n) is 19.9. The molecule has 0 bridgehead atoms. The van der Waals surface area contributed by atoms with E-state index in [1.807, 2.05) is 66.7 Å². The minimum absolute atomic E-state index is 0.626. The third-order valence-electron chi connectivity index (χ3n) is 11.2. The number of nitrogens with zero attached hydrogens (tertiary/aromatic N) is 5. The van der Waals surface area contributed by atoms with Crippen molar-refractivity contribution in [2.24, 2.45) is 0 Å². The maximum atomic E-state index is 5.40. The monoisotopic (exact) mass is 757 g/mol. The van der Waals surface area contributed by atoms with Crippen LogP contribution in [0.3, 0.4) is 0 Å². The van der Waals surface area contributed by atoms with E-state index in [9.17, 15) is 0 Å². The third-order valence-corrected chi connectivity index (χ3v) is 11.2. The number of benzene rings is 7. The van der Waals surface area contributed by atoms with E-state index in [2.05, 4.69) is 158 Å². The van der Waals surface area contributed by atoms with E-state index in [1.54, 1.807) is 0 Å².